The van der Waals surface area contributed by atoms with Crippen LogP contribution in [0.15, 0.2) is 54.6 Å². The first-order valence-corrected chi connectivity index (χ1v) is 9.34. The zero-order valence-electron chi connectivity index (χ0n) is 16.1. The zero-order valence-corrected chi connectivity index (χ0v) is 16.1. The molecule has 1 aliphatic rings. The molecule has 2 unspecified atom stereocenters. The van der Waals surface area contributed by atoms with Gasteiger partial charge < -0.3 is 20.1 Å². The van der Waals surface area contributed by atoms with Crippen LogP contribution in [0, 0.1) is 0 Å². The Balaban J connectivity index is 1.68. The lowest BCUT2D eigenvalue weighted by atomic mass is 10.2. The highest BCUT2D eigenvalue weighted by Gasteiger charge is 2.28. The number of methoxy groups -OCH3 is 1. The van der Waals surface area contributed by atoms with Crippen molar-refractivity contribution in [1.29, 1.82) is 0 Å². The van der Waals surface area contributed by atoms with Crippen molar-refractivity contribution in [3.05, 3.63) is 65.7 Å². The van der Waals surface area contributed by atoms with Crippen molar-refractivity contribution in [2.45, 2.75) is 12.5 Å². The molecule has 154 valence electrons. The maximum absolute atomic E-state index is 13.7. The molecule has 0 saturated carbocycles. The Labute approximate surface area is 168 Å². The van der Waals surface area contributed by atoms with Crippen molar-refractivity contribution >= 4 is 11.8 Å². The number of benzene rings is 2. The monoisotopic (exact) mass is 401 g/mol. The second-order valence-electron chi connectivity index (χ2n) is 6.57. The molecule has 2 aromatic rings. The van der Waals surface area contributed by atoms with Gasteiger partial charge in [-0.05, 0) is 36.4 Å². The zero-order chi connectivity index (χ0) is 20.6. The molecule has 8 heteroatoms. The average molecular weight is 401 g/mol. The van der Waals surface area contributed by atoms with E-state index in [0.717, 1.165) is 0 Å². The molecule has 0 bridgehead atoms. The van der Waals surface area contributed by atoms with Crippen LogP contribution < -0.4 is 15.4 Å². The quantitative estimate of drug-likeness (QED) is 0.740. The maximum Gasteiger partial charge on any atom is 0.252 e. The van der Waals surface area contributed by atoms with Crippen LogP contribution in [0.2, 0.25) is 0 Å². The molecule has 2 N–H and O–H groups in total. The fourth-order valence-electron chi connectivity index (χ4n) is 3.04. The number of amides is 2. The maximum atomic E-state index is 13.7. The summed E-state index contributed by atoms with van der Waals surface area (Å²) < 4.78 is 23.8. The fraction of sp³-hybridized carbons (Fsp3) is 0.333. The SMILES string of the molecule is COc1ccc(C(=O)NC(CNC(=O)c2ccccc2)N2CCOC(F)C2)cc1. The Morgan fingerprint density at radius 1 is 1.14 bits per heavy atom. The van der Waals surface area contributed by atoms with Gasteiger partial charge in [0, 0.05) is 17.7 Å². The summed E-state index contributed by atoms with van der Waals surface area (Å²) in [5, 5.41) is 5.68. The van der Waals surface area contributed by atoms with Crippen LogP contribution in [0.25, 0.3) is 0 Å². The van der Waals surface area contributed by atoms with Gasteiger partial charge in [-0.15, -0.1) is 0 Å². The van der Waals surface area contributed by atoms with Gasteiger partial charge in [0.2, 0.25) is 6.36 Å². The van der Waals surface area contributed by atoms with E-state index in [0.29, 0.717) is 23.4 Å². The predicted octanol–water partition coefficient (Wildman–Crippen LogP) is 1.81. The minimum Gasteiger partial charge on any atom is -0.497 e. The molecular weight excluding hydrogens is 377 g/mol. The van der Waals surface area contributed by atoms with Crippen LogP contribution in [0.4, 0.5) is 4.39 Å². The molecule has 0 radical (unpaired) electrons. The Morgan fingerprint density at radius 2 is 1.83 bits per heavy atom. The van der Waals surface area contributed by atoms with Crippen molar-refractivity contribution in [3.63, 3.8) is 0 Å². The largest absolute Gasteiger partial charge is 0.497 e. The fourth-order valence-corrected chi connectivity index (χ4v) is 3.04. The Hall–Kier alpha value is -2.97. The van der Waals surface area contributed by atoms with Gasteiger partial charge in [0.25, 0.3) is 11.8 Å². The van der Waals surface area contributed by atoms with E-state index in [9.17, 15) is 14.0 Å². The van der Waals surface area contributed by atoms with Gasteiger partial charge in [-0.1, -0.05) is 18.2 Å². The number of halogens is 1. The lowest BCUT2D eigenvalue weighted by molar-refractivity contribution is -0.109. The summed E-state index contributed by atoms with van der Waals surface area (Å²) in [6.07, 6.45) is -2.02. The summed E-state index contributed by atoms with van der Waals surface area (Å²) in [7, 11) is 1.55. The summed E-state index contributed by atoms with van der Waals surface area (Å²) in [5.41, 5.74) is 0.952. The first-order chi connectivity index (χ1) is 14.1. The number of hydrogen-bond donors (Lipinski definition) is 2. The molecule has 2 atom stereocenters. The molecule has 29 heavy (non-hydrogen) atoms. The molecule has 2 aromatic carbocycles. The Kier molecular flexibility index (Phi) is 7.15. The van der Waals surface area contributed by atoms with Crippen LogP contribution in [0.3, 0.4) is 0 Å². The normalized spacial score (nSPS) is 17.9. The molecule has 1 aliphatic heterocycles. The van der Waals surface area contributed by atoms with Crippen molar-refractivity contribution in [3.8, 4) is 5.75 Å². The second-order valence-corrected chi connectivity index (χ2v) is 6.57. The van der Waals surface area contributed by atoms with E-state index >= 15 is 0 Å². The van der Waals surface area contributed by atoms with Gasteiger partial charge in [0.15, 0.2) is 0 Å². The third kappa shape index (κ3) is 5.75. The molecule has 2 amide bonds. The summed E-state index contributed by atoms with van der Waals surface area (Å²) in [6, 6.07) is 15.4. The number of nitrogens with zero attached hydrogens (tertiary/aromatic N) is 1. The molecule has 0 aliphatic carbocycles. The number of morpholine rings is 1. The molecule has 0 spiro atoms. The van der Waals surface area contributed by atoms with Crippen LogP contribution in [-0.2, 0) is 4.74 Å². The van der Waals surface area contributed by atoms with Gasteiger partial charge in [-0.2, -0.15) is 0 Å². The number of hydrogen-bond acceptors (Lipinski definition) is 5. The highest BCUT2D eigenvalue weighted by Crippen LogP contribution is 2.13. The number of rotatable bonds is 7. The Morgan fingerprint density at radius 3 is 2.48 bits per heavy atom. The summed E-state index contributed by atoms with van der Waals surface area (Å²) in [6.45, 7) is 0.787. The van der Waals surface area contributed by atoms with Gasteiger partial charge in [-0.3, -0.25) is 14.5 Å². The minimum atomic E-state index is -1.44. The third-order valence-electron chi connectivity index (χ3n) is 4.64. The van der Waals surface area contributed by atoms with E-state index in [1.54, 1.807) is 60.5 Å². The first kappa shape index (κ1) is 20.8. The molecular formula is C21H24FN3O4. The number of nitrogens with one attached hydrogen (secondary N) is 2. The van der Waals surface area contributed by atoms with Crippen LogP contribution in [0.5, 0.6) is 5.75 Å². The van der Waals surface area contributed by atoms with E-state index in [1.165, 1.54) is 0 Å². The minimum absolute atomic E-state index is 0.00870. The summed E-state index contributed by atoms with van der Waals surface area (Å²) in [4.78, 5) is 26.8. The third-order valence-corrected chi connectivity index (χ3v) is 4.64. The van der Waals surface area contributed by atoms with Crippen LogP contribution in [0.1, 0.15) is 20.7 Å². The number of carbonyl (C=O) groups excluding carboxylic acids is 2. The van der Waals surface area contributed by atoms with Gasteiger partial charge in [-0.25, -0.2) is 4.39 Å². The molecule has 7 nitrogen and oxygen atoms in total. The number of carbonyl (C=O) groups is 2. The average Bonchev–Trinajstić information content (AvgIpc) is 2.77. The van der Waals surface area contributed by atoms with E-state index in [1.807, 2.05) is 6.07 Å². The molecule has 3 rings (SSSR count). The lowest BCUT2D eigenvalue weighted by Crippen LogP contribution is -2.58. The van der Waals surface area contributed by atoms with Gasteiger partial charge in [0.1, 0.15) is 11.9 Å². The second kappa shape index (κ2) is 9.99. The number of ether oxygens (including phenoxy) is 2. The highest BCUT2D eigenvalue weighted by molar-refractivity contribution is 5.95. The van der Waals surface area contributed by atoms with Crippen LogP contribution in [-0.4, -0.2) is 62.6 Å². The summed E-state index contributed by atoms with van der Waals surface area (Å²) in [5.74, 6) is 0.0505. The van der Waals surface area contributed by atoms with Gasteiger partial charge >= 0.3 is 0 Å². The van der Waals surface area contributed by atoms with Crippen molar-refractivity contribution in [2.75, 3.05) is 33.4 Å². The molecule has 1 saturated heterocycles. The summed E-state index contributed by atoms with van der Waals surface area (Å²) >= 11 is 0. The van der Waals surface area contributed by atoms with Crippen molar-refractivity contribution in [1.82, 2.24) is 15.5 Å². The van der Waals surface area contributed by atoms with E-state index in [4.69, 9.17) is 9.47 Å². The van der Waals surface area contributed by atoms with Crippen molar-refractivity contribution in [2.24, 2.45) is 0 Å². The smallest absolute Gasteiger partial charge is 0.252 e. The predicted molar refractivity (Wildman–Crippen MR) is 105 cm³/mol. The molecule has 1 fully saturated rings. The Bertz CT molecular complexity index is 816. The number of alkyl halides is 1. The van der Waals surface area contributed by atoms with E-state index in [-0.39, 0.29) is 31.5 Å². The van der Waals surface area contributed by atoms with Crippen molar-refractivity contribution < 1.29 is 23.5 Å². The topological polar surface area (TPSA) is 79.9 Å². The molecule has 1 heterocycles. The lowest BCUT2D eigenvalue weighted by Gasteiger charge is -2.36. The standard InChI is InChI=1S/C21H24FN3O4/c1-28-17-9-7-16(8-10-17)21(27)24-19(25-11-12-29-18(22)14-25)13-23-20(26)15-5-3-2-4-6-15/h2-10,18-19H,11-14H2,1H3,(H,23,26)(H,24,27). The molecule has 0 aromatic heterocycles. The first-order valence-electron chi connectivity index (χ1n) is 9.34. The van der Waals surface area contributed by atoms with E-state index < -0.39 is 12.5 Å². The van der Waals surface area contributed by atoms with Gasteiger partial charge in [0.05, 0.1) is 26.8 Å². The highest BCUT2D eigenvalue weighted by atomic mass is 19.1. The van der Waals surface area contributed by atoms with Crippen LogP contribution >= 0.6 is 0 Å². The van der Waals surface area contributed by atoms with E-state index in [2.05, 4.69) is 10.6 Å².